The Bertz CT molecular complexity index is 478. The number of halogens is 1. The Kier molecular flexibility index (Phi) is 5.95. The van der Waals surface area contributed by atoms with Crippen molar-refractivity contribution in [2.75, 3.05) is 19.5 Å². The van der Waals surface area contributed by atoms with E-state index in [0.29, 0.717) is 22.2 Å². The quantitative estimate of drug-likeness (QED) is 0.848. The average molecular weight is 301 g/mol. The second kappa shape index (κ2) is 7.24. The van der Waals surface area contributed by atoms with E-state index in [0.717, 1.165) is 0 Å². The van der Waals surface area contributed by atoms with Crippen molar-refractivity contribution >= 4 is 23.2 Å². The monoisotopic (exact) mass is 300 g/mol. The van der Waals surface area contributed by atoms with Crippen LogP contribution in [0.15, 0.2) is 12.1 Å². The molecule has 0 radical (unpaired) electrons. The molecular weight excluding hydrogens is 280 g/mol. The molecule has 0 spiro atoms. The number of hydrogen-bond acceptors (Lipinski definition) is 4. The summed E-state index contributed by atoms with van der Waals surface area (Å²) < 4.78 is 10.4. The predicted octanol–water partition coefficient (Wildman–Crippen LogP) is 2.68. The summed E-state index contributed by atoms with van der Waals surface area (Å²) in [7, 11) is 3.08. The maximum atomic E-state index is 11.9. The standard InChI is InChI=1S/C14H21ClN2O3/c1-8(2)16-14(18)9(3)17-11-6-10(15)12(19-4)7-13(11)20-5/h6-9,17H,1-5H3,(H,16,18)/t9-/m1/s1. The van der Waals surface area contributed by atoms with Gasteiger partial charge in [0.05, 0.1) is 24.9 Å². The van der Waals surface area contributed by atoms with Crippen LogP contribution in [0.1, 0.15) is 20.8 Å². The van der Waals surface area contributed by atoms with Gasteiger partial charge >= 0.3 is 0 Å². The molecular formula is C14H21ClN2O3. The van der Waals surface area contributed by atoms with Gasteiger partial charge in [0.2, 0.25) is 5.91 Å². The second-order valence-electron chi connectivity index (χ2n) is 4.72. The van der Waals surface area contributed by atoms with Crippen molar-refractivity contribution in [2.45, 2.75) is 32.9 Å². The van der Waals surface area contributed by atoms with E-state index in [1.165, 1.54) is 7.11 Å². The maximum Gasteiger partial charge on any atom is 0.242 e. The SMILES string of the molecule is COc1cc(OC)c(N[C@H](C)C(=O)NC(C)C)cc1Cl. The molecule has 1 aromatic carbocycles. The van der Waals surface area contributed by atoms with Crippen LogP contribution in [0.4, 0.5) is 5.69 Å². The molecule has 0 heterocycles. The number of ether oxygens (including phenoxy) is 2. The summed E-state index contributed by atoms with van der Waals surface area (Å²) in [5, 5.41) is 6.37. The van der Waals surface area contributed by atoms with Crippen molar-refractivity contribution < 1.29 is 14.3 Å². The van der Waals surface area contributed by atoms with Crippen LogP contribution in [-0.2, 0) is 4.79 Å². The number of methoxy groups -OCH3 is 2. The first-order valence-electron chi connectivity index (χ1n) is 6.37. The van der Waals surface area contributed by atoms with Crippen molar-refractivity contribution in [3.63, 3.8) is 0 Å². The Morgan fingerprint density at radius 3 is 2.25 bits per heavy atom. The average Bonchev–Trinajstić information content (AvgIpc) is 2.38. The minimum absolute atomic E-state index is 0.0889. The van der Waals surface area contributed by atoms with Gasteiger partial charge in [-0.2, -0.15) is 0 Å². The molecule has 6 heteroatoms. The molecule has 0 fully saturated rings. The lowest BCUT2D eigenvalue weighted by molar-refractivity contribution is -0.122. The van der Waals surface area contributed by atoms with Gasteiger partial charge in [-0.05, 0) is 26.8 Å². The molecule has 0 aliphatic heterocycles. The van der Waals surface area contributed by atoms with Crippen molar-refractivity contribution in [3.8, 4) is 11.5 Å². The zero-order chi connectivity index (χ0) is 15.3. The topological polar surface area (TPSA) is 59.6 Å². The zero-order valence-electron chi connectivity index (χ0n) is 12.4. The summed E-state index contributed by atoms with van der Waals surface area (Å²) in [4.78, 5) is 11.9. The highest BCUT2D eigenvalue weighted by Crippen LogP contribution is 2.36. The lowest BCUT2D eigenvalue weighted by Crippen LogP contribution is -2.41. The van der Waals surface area contributed by atoms with Gasteiger partial charge in [0.15, 0.2) is 0 Å². The van der Waals surface area contributed by atoms with Crippen LogP contribution in [0.2, 0.25) is 5.02 Å². The predicted molar refractivity (Wildman–Crippen MR) is 80.9 cm³/mol. The number of hydrogen-bond donors (Lipinski definition) is 2. The lowest BCUT2D eigenvalue weighted by atomic mass is 10.2. The number of carbonyl (C=O) groups excluding carboxylic acids is 1. The molecule has 0 aromatic heterocycles. The third-order valence-electron chi connectivity index (χ3n) is 2.67. The Morgan fingerprint density at radius 1 is 1.15 bits per heavy atom. The second-order valence-corrected chi connectivity index (χ2v) is 5.12. The number of amides is 1. The molecule has 1 atom stereocenters. The molecule has 1 aromatic rings. The van der Waals surface area contributed by atoms with Gasteiger partial charge in [0.1, 0.15) is 17.5 Å². The number of nitrogens with one attached hydrogen (secondary N) is 2. The highest BCUT2D eigenvalue weighted by atomic mass is 35.5. The van der Waals surface area contributed by atoms with Crippen molar-refractivity contribution in [1.29, 1.82) is 0 Å². The van der Waals surface area contributed by atoms with Crippen LogP contribution in [0.25, 0.3) is 0 Å². The van der Waals surface area contributed by atoms with Crippen molar-refractivity contribution in [1.82, 2.24) is 5.32 Å². The molecule has 0 aliphatic carbocycles. The Labute approximate surface area is 124 Å². The van der Waals surface area contributed by atoms with E-state index in [9.17, 15) is 4.79 Å². The van der Waals surface area contributed by atoms with Crippen molar-refractivity contribution in [3.05, 3.63) is 17.2 Å². The van der Waals surface area contributed by atoms with Crippen molar-refractivity contribution in [2.24, 2.45) is 0 Å². The van der Waals surface area contributed by atoms with Gasteiger partial charge in [-0.25, -0.2) is 0 Å². The fourth-order valence-corrected chi connectivity index (χ4v) is 1.92. The van der Waals surface area contributed by atoms with Crippen LogP contribution in [0.3, 0.4) is 0 Å². The van der Waals surface area contributed by atoms with E-state index in [-0.39, 0.29) is 11.9 Å². The summed E-state index contributed by atoms with van der Waals surface area (Å²) in [6.07, 6.45) is 0. The molecule has 5 nitrogen and oxygen atoms in total. The van der Waals surface area contributed by atoms with Gasteiger partial charge in [-0.3, -0.25) is 4.79 Å². The molecule has 112 valence electrons. The fourth-order valence-electron chi connectivity index (χ4n) is 1.68. The first-order chi connectivity index (χ1) is 9.38. The molecule has 20 heavy (non-hydrogen) atoms. The maximum absolute atomic E-state index is 11.9. The first-order valence-corrected chi connectivity index (χ1v) is 6.75. The van der Waals surface area contributed by atoms with Gasteiger partial charge in [0.25, 0.3) is 0 Å². The summed E-state index contributed by atoms with van der Waals surface area (Å²) in [6, 6.07) is 3.04. The molecule has 1 amide bonds. The number of rotatable bonds is 6. The van der Waals surface area contributed by atoms with Crippen LogP contribution in [0, 0.1) is 0 Å². The largest absolute Gasteiger partial charge is 0.495 e. The lowest BCUT2D eigenvalue weighted by Gasteiger charge is -2.19. The Morgan fingerprint density at radius 2 is 1.75 bits per heavy atom. The highest BCUT2D eigenvalue weighted by molar-refractivity contribution is 6.32. The number of benzene rings is 1. The molecule has 0 bridgehead atoms. The van der Waals surface area contributed by atoms with Crippen LogP contribution < -0.4 is 20.1 Å². The van der Waals surface area contributed by atoms with Crippen LogP contribution in [-0.4, -0.2) is 32.2 Å². The van der Waals surface area contributed by atoms with E-state index in [1.54, 1.807) is 26.2 Å². The number of carbonyl (C=O) groups is 1. The highest BCUT2D eigenvalue weighted by Gasteiger charge is 2.17. The normalized spacial score (nSPS) is 11.9. The summed E-state index contributed by atoms with van der Waals surface area (Å²) in [5.41, 5.74) is 0.643. The Hall–Kier alpha value is -1.62. The van der Waals surface area contributed by atoms with E-state index >= 15 is 0 Å². The van der Waals surface area contributed by atoms with Gasteiger partial charge in [-0.15, -0.1) is 0 Å². The molecule has 0 unspecified atom stereocenters. The minimum Gasteiger partial charge on any atom is -0.495 e. The number of anilines is 1. The fraction of sp³-hybridized carbons (Fsp3) is 0.500. The first kappa shape index (κ1) is 16.4. The molecule has 0 aliphatic rings. The molecule has 0 saturated carbocycles. The third kappa shape index (κ3) is 4.20. The zero-order valence-corrected chi connectivity index (χ0v) is 13.2. The summed E-state index contributed by atoms with van der Waals surface area (Å²) >= 11 is 6.08. The van der Waals surface area contributed by atoms with E-state index in [1.807, 2.05) is 13.8 Å². The molecule has 1 rings (SSSR count). The van der Waals surface area contributed by atoms with E-state index in [4.69, 9.17) is 21.1 Å². The van der Waals surface area contributed by atoms with Gasteiger partial charge in [0, 0.05) is 12.1 Å². The Balaban J connectivity index is 2.91. The van der Waals surface area contributed by atoms with Gasteiger partial charge in [-0.1, -0.05) is 11.6 Å². The van der Waals surface area contributed by atoms with Gasteiger partial charge < -0.3 is 20.1 Å². The summed E-state index contributed by atoms with van der Waals surface area (Å²) in [6.45, 7) is 5.60. The summed E-state index contributed by atoms with van der Waals surface area (Å²) in [5.74, 6) is 0.998. The van der Waals surface area contributed by atoms with Crippen LogP contribution in [0.5, 0.6) is 11.5 Å². The molecule has 0 saturated heterocycles. The minimum atomic E-state index is -0.407. The van der Waals surface area contributed by atoms with E-state index in [2.05, 4.69) is 10.6 Å². The van der Waals surface area contributed by atoms with E-state index < -0.39 is 6.04 Å². The molecule has 2 N–H and O–H groups in total. The van der Waals surface area contributed by atoms with Crippen LogP contribution >= 0.6 is 11.6 Å². The third-order valence-corrected chi connectivity index (χ3v) is 2.97. The smallest absolute Gasteiger partial charge is 0.242 e.